The molecule has 2 rings (SSSR count). The van der Waals surface area contributed by atoms with Gasteiger partial charge in [0, 0.05) is 13.6 Å². The molecule has 5 heteroatoms. The number of amides is 1. The van der Waals surface area contributed by atoms with Crippen molar-refractivity contribution in [3.05, 3.63) is 29.8 Å². The minimum absolute atomic E-state index is 0.0373. The maximum atomic E-state index is 12.8. The predicted molar refractivity (Wildman–Crippen MR) is 87.2 cm³/mol. The van der Waals surface area contributed by atoms with E-state index >= 15 is 0 Å². The number of hydrogen-bond acceptors (Lipinski definition) is 3. The van der Waals surface area contributed by atoms with E-state index in [0.717, 1.165) is 37.0 Å². The van der Waals surface area contributed by atoms with Crippen LogP contribution in [0.3, 0.4) is 0 Å². The third-order valence-corrected chi connectivity index (χ3v) is 4.63. The van der Waals surface area contributed by atoms with Crippen molar-refractivity contribution in [1.82, 2.24) is 4.90 Å². The highest BCUT2D eigenvalue weighted by Crippen LogP contribution is 2.40. The molecule has 0 saturated heterocycles. The molecule has 1 aromatic carbocycles. The highest BCUT2D eigenvalue weighted by Gasteiger charge is 2.45. The summed E-state index contributed by atoms with van der Waals surface area (Å²) in [5.41, 5.74) is 6.27. The van der Waals surface area contributed by atoms with Crippen LogP contribution < -0.4 is 10.5 Å². The lowest BCUT2D eigenvalue weighted by atomic mass is 9.84. The van der Waals surface area contributed by atoms with Gasteiger partial charge in [-0.15, -0.1) is 0 Å². The molecule has 1 aromatic rings. The highest BCUT2D eigenvalue weighted by molar-refractivity contribution is 7.80. The minimum atomic E-state index is -0.636. The molecule has 0 bridgehead atoms. The fourth-order valence-electron chi connectivity index (χ4n) is 3.03. The van der Waals surface area contributed by atoms with Crippen molar-refractivity contribution in [3.8, 4) is 5.75 Å². The van der Waals surface area contributed by atoms with E-state index in [0.29, 0.717) is 11.5 Å². The number of benzene rings is 1. The van der Waals surface area contributed by atoms with Crippen molar-refractivity contribution in [2.45, 2.75) is 32.2 Å². The molecular formula is C16H22N2O2S. The lowest BCUT2D eigenvalue weighted by molar-refractivity contribution is -0.137. The van der Waals surface area contributed by atoms with E-state index in [1.807, 2.05) is 24.3 Å². The van der Waals surface area contributed by atoms with E-state index < -0.39 is 5.41 Å². The summed E-state index contributed by atoms with van der Waals surface area (Å²) in [7, 11) is 3.44. The zero-order valence-electron chi connectivity index (χ0n) is 12.6. The van der Waals surface area contributed by atoms with Gasteiger partial charge in [-0.2, -0.15) is 0 Å². The molecule has 1 fully saturated rings. The Balaban J connectivity index is 2.13. The van der Waals surface area contributed by atoms with Crippen molar-refractivity contribution in [1.29, 1.82) is 0 Å². The topological polar surface area (TPSA) is 55.6 Å². The number of hydrogen-bond donors (Lipinski definition) is 1. The predicted octanol–water partition coefficient (Wildman–Crippen LogP) is 2.50. The van der Waals surface area contributed by atoms with Gasteiger partial charge in [-0.1, -0.05) is 37.2 Å². The first-order chi connectivity index (χ1) is 9.99. The molecule has 1 amide bonds. The minimum Gasteiger partial charge on any atom is -0.497 e. The normalized spacial score (nSPS) is 16.5. The molecular weight excluding hydrogens is 284 g/mol. The third kappa shape index (κ3) is 3.18. The van der Waals surface area contributed by atoms with Crippen LogP contribution in [0.1, 0.15) is 31.2 Å². The van der Waals surface area contributed by atoms with E-state index in [-0.39, 0.29) is 5.91 Å². The number of nitrogens with zero attached hydrogens (tertiary/aromatic N) is 1. The fraction of sp³-hybridized carbons (Fsp3) is 0.500. The maximum absolute atomic E-state index is 12.8. The van der Waals surface area contributed by atoms with Gasteiger partial charge in [0.25, 0.3) is 0 Å². The molecule has 0 radical (unpaired) electrons. The van der Waals surface area contributed by atoms with E-state index in [9.17, 15) is 4.79 Å². The molecule has 114 valence electrons. The maximum Gasteiger partial charge on any atom is 0.235 e. The van der Waals surface area contributed by atoms with Gasteiger partial charge < -0.3 is 15.4 Å². The Morgan fingerprint density at radius 2 is 2.10 bits per heavy atom. The van der Waals surface area contributed by atoms with Gasteiger partial charge in [0.2, 0.25) is 5.91 Å². The monoisotopic (exact) mass is 306 g/mol. The van der Waals surface area contributed by atoms with Crippen LogP contribution in [0.25, 0.3) is 0 Å². The van der Waals surface area contributed by atoms with Crippen molar-refractivity contribution in [2.75, 3.05) is 14.2 Å². The Morgan fingerprint density at radius 1 is 1.43 bits per heavy atom. The molecule has 1 aliphatic carbocycles. The zero-order valence-corrected chi connectivity index (χ0v) is 13.4. The van der Waals surface area contributed by atoms with Crippen LogP contribution >= 0.6 is 12.2 Å². The molecule has 0 aliphatic heterocycles. The lowest BCUT2D eigenvalue weighted by Crippen LogP contribution is -2.47. The zero-order chi connectivity index (χ0) is 15.5. The van der Waals surface area contributed by atoms with Gasteiger partial charge in [-0.3, -0.25) is 4.79 Å². The summed E-state index contributed by atoms with van der Waals surface area (Å²) in [5.74, 6) is 0.827. The van der Waals surface area contributed by atoms with E-state index in [1.165, 1.54) is 0 Å². The third-order valence-electron chi connectivity index (χ3n) is 4.24. The molecule has 0 unspecified atom stereocenters. The SMILES string of the molecule is COc1cccc(CN(C)C(=O)C2(C(N)=S)CCCC2)c1. The fourth-order valence-corrected chi connectivity index (χ4v) is 3.32. The summed E-state index contributed by atoms with van der Waals surface area (Å²) in [6, 6.07) is 7.73. The largest absolute Gasteiger partial charge is 0.497 e. The van der Waals surface area contributed by atoms with Crippen LogP contribution in [-0.4, -0.2) is 30.0 Å². The standard InChI is InChI=1S/C16H22N2O2S/c1-18(11-12-6-5-7-13(10-12)20-2)15(19)16(14(17)21)8-3-4-9-16/h5-7,10H,3-4,8-9,11H2,1-2H3,(H2,17,21). The van der Waals surface area contributed by atoms with E-state index in [2.05, 4.69) is 0 Å². The summed E-state index contributed by atoms with van der Waals surface area (Å²) >= 11 is 5.18. The summed E-state index contributed by atoms with van der Waals surface area (Å²) in [4.78, 5) is 14.9. The molecule has 0 spiro atoms. The smallest absolute Gasteiger partial charge is 0.235 e. The van der Waals surface area contributed by atoms with Gasteiger partial charge in [-0.05, 0) is 30.5 Å². The first-order valence-electron chi connectivity index (χ1n) is 7.18. The van der Waals surface area contributed by atoms with E-state index in [1.54, 1.807) is 19.1 Å². The second-order valence-corrected chi connectivity index (χ2v) is 6.11. The number of thiocarbonyl (C=S) groups is 1. The number of carbonyl (C=O) groups excluding carboxylic acids is 1. The summed E-state index contributed by atoms with van der Waals surface area (Å²) in [6.07, 6.45) is 3.55. The molecule has 0 heterocycles. The van der Waals surface area contributed by atoms with Gasteiger partial charge in [-0.25, -0.2) is 0 Å². The highest BCUT2D eigenvalue weighted by atomic mass is 32.1. The average molecular weight is 306 g/mol. The second-order valence-electron chi connectivity index (χ2n) is 5.67. The van der Waals surface area contributed by atoms with Crippen LogP contribution in [-0.2, 0) is 11.3 Å². The Kier molecular flexibility index (Phi) is 4.83. The first-order valence-corrected chi connectivity index (χ1v) is 7.59. The van der Waals surface area contributed by atoms with Crippen LogP contribution in [0.15, 0.2) is 24.3 Å². The number of carbonyl (C=O) groups is 1. The van der Waals surface area contributed by atoms with Crippen LogP contribution in [0, 0.1) is 5.41 Å². The Labute approximate surface area is 131 Å². The summed E-state index contributed by atoms with van der Waals surface area (Å²) < 4.78 is 5.21. The van der Waals surface area contributed by atoms with Crippen molar-refractivity contribution >= 4 is 23.1 Å². The van der Waals surface area contributed by atoms with Gasteiger partial charge in [0.1, 0.15) is 5.75 Å². The number of rotatable bonds is 5. The van der Waals surface area contributed by atoms with E-state index in [4.69, 9.17) is 22.7 Å². The summed E-state index contributed by atoms with van der Waals surface area (Å²) in [5, 5.41) is 0. The van der Waals surface area contributed by atoms with Crippen LogP contribution in [0.4, 0.5) is 0 Å². The molecule has 4 nitrogen and oxygen atoms in total. The first kappa shape index (κ1) is 15.8. The molecule has 2 N–H and O–H groups in total. The van der Waals surface area contributed by atoms with Crippen LogP contribution in [0.5, 0.6) is 5.75 Å². The number of methoxy groups -OCH3 is 1. The lowest BCUT2D eigenvalue weighted by Gasteiger charge is -2.31. The second kappa shape index (κ2) is 6.43. The number of nitrogens with two attached hydrogens (primary N) is 1. The molecule has 1 saturated carbocycles. The quantitative estimate of drug-likeness (QED) is 0.849. The van der Waals surface area contributed by atoms with Gasteiger partial charge in [0.15, 0.2) is 0 Å². The van der Waals surface area contributed by atoms with Crippen molar-refractivity contribution in [3.63, 3.8) is 0 Å². The Morgan fingerprint density at radius 3 is 2.67 bits per heavy atom. The van der Waals surface area contributed by atoms with Crippen molar-refractivity contribution < 1.29 is 9.53 Å². The Bertz CT molecular complexity index is 539. The molecule has 21 heavy (non-hydrogen) atoms. The number of ether oxygens (including phenoxy) is 1. The van der Waals surface area contributed by atoms with Gasteiger partial charge >= 0.3 is 0 Å². The van der Waals surface area contributed by atoms with Gasteiger partial charge in [0.05, 0.1) is 17.5 Å². The molecule has 0 atom stereocenters. The molecule has 1 aliphatic rings. The Hall–Kier alpha value is -1.62. The van der Waals surface area contributed by atoms with Crippen molar-refractivity contribution in [2.24, 2.45) is 11.1 Å². The average Bonchev–Trinajstić information content (AvgIpc) is 2.97. The molecule has 0 aromatic heterocycles. The summed E-state index contributed by atoms with van der Waals surface area (Å²) in [6.45, 7) is 0.528. The van der Waals surface area contributed by atoms with Crippen LogP contribution in [0.2, 0.25) is 0 Å².